The van der Waals surface area contributed by atoms with Crippen molar-refractivity contribution >= 4 is 29.4 Å². The maximum Gasteiger partial charge on any atom is 0.315 e. The number of Topliss-reactive ketones (excluding diaryl/α,β-unsaturated/α-hetero) is 1. The van der Waals surface area contributed by atoms with E-state index in [1.165, 1.54) is 20.3 Å². The molecule has 0 saturated carbocycles. The molecule has 0 bridgehead atoms. The van der Waals surface area contributed by atoms with E-state index in [4.69, 9.17) is 30.5 Å². The third-order valence-corrected chi connectivity index (χ3v) is 5.11. The van der Waals surface area contributed by atoms with Crippen LogP contribution in [0.25, 0.3) is 6.08 Å². The van der Waals surface area contributed by atoms with Crippen molar-refractivity contribution in [3.05, 3.63) is 88.1 Å². The van der Waals surface area contributed by atoms with Gasteiger partial charge in [-0.05, 0) is 42.0 Å². The Morgan fingerprint density at radius 3 is 2.53 bits per heavy atom. The zero-order valence-electron chi connectivity index (χ0n) is 17.4. The standard InChI is InChI=1S/C25H19ClO6/c1-29-20-5-3-4-16(25(20)30-2)13-22-24(28)19-11-10-18(14-21(19)32-22)31-23(27)12-15-6-8-17(26)9-7-15/h3-11,13-14H,12H2,1-2H3/b22-13-. The fraction of sp³-hybridized carbons (Fsp3) is 0.120. The number of fused-ring (bicyclic) bond motifs is 1. The minimum absolute atomic E-state index is 0.0921. The Hall–Kier alpha value is -3.77. The van der Waals surface area contributed by atoms with Crippen LogP contribution in [-0.2, 0) is 11.2 Å². The minimum atomic E-state index is -0.437. The smallest absolute Gasteiger partial charge is 0.315 e. The molecule has 162 valence electrons. The van der Waals surface area contributed by atoms with Crippen LogP contribution < -0.4 is 18.9 Å². The van der Waals surface area contributed by atoms with E-state index in [1.54, 1.807) is 60.7 Å². The van der Waals surface area contributed by atoms with Gasteiger partial charge in [-0.15, -0.1) is 0 Å². The summed E-state index contributed by atoms with van der Waals surface area (Å²) in [7, 11) is 3.06. The lowest BCUT2D eigenvalue weighted by molar-refractivity contribution is -0.133. The Balaban J connectivity index is 1.52. The second-order valence-electron chi connectivity index (χ2n) is 6.96. The molecular weight excluding hydrogens is 432 g/mol. The summed E-state index contributed by atoms with van der Waals surface area (Å²) in [5, 5.41) is 0.595. The predicted molar refractivity (Wildman–Crippen MR) is 120 cm³/mol. The van der Waals surface area contributed by atoms with Gasteiger partial charge in [0.05, 0.1) is 26.2 Å². The van der Waals surface area contributed by atoms with Crippen molar-refractivity contribution in [2.45, 2.75) is 6.42 Å². The number of carbonyl (C=O) groups excluding carboxylic acids is 2. The Kier molecular flexibility index (Phi) is 6.14. The van der Waals surface area contributed by atoms with Crippen molar-refractivity contribution in [2.75, 3.05) is 14.2 Å². The van der Waals surface area contributed by atoms with E-state index in [0.717, 1.165) is 5.56 Å². The van der Waals surface area contributed by atoms with Crippen LogP contribution in [0.1, 0.15) is 21.5 Å². The molecule has 0 aliphatic carbocycles. The van der Waals surface area contributed by atoms with Crippen molar-refractivity contribution in [3.63, 3.8) is 0 Å². The number of para-hydroxylation sites is 1. The van der Waals surface area contributed by atoms with Crippen molar-refractivity contribution in [1.29, 1.82) is 0 Å². The molecule has 0 N–H and O–H groups in total. The van der Waals surface area contributed by atoms with Gasteiger partial charge in [-0.3, -0.25) is 9.59 Å². The van der Waals surface area contributed by atoms with Crippen molar-refractivity contribution in [1.82, 2.24) is 0 Å². The molecule has 7 heteroatoms. The number of benzene rings is 3. The number of methoxy groups -OCH3 is 2. The van der Waals surface area contributed by atoms with Gasteiger partial charge < -0.3 is 18.9 Å². The van der Waals surface area contributed by atoms with E-state index in [-0.39, 0.29) is 23.7 Å². The van der Waals surface area contributed by atoms with Gasteiger partial charge in [0.1, 0.15) is 11.5 Å². The molecule has 0 unspecified atom stereocenters. The van der Waals surface area contributed by atoms with Crippen LogP contribution in [0.5, 0.6) is 23.0 Å². The highest BCUT2D eigenvalue weighted by Gasteiger charge is 2.28. The lowest BCUT2D eigenvalue weighted by Crippen LogP contribution is -2.11. The average Bonchev–Trinajstić information content (AvgIpc) is 3.09. The summed E-state index contributed by atoms with van der Waals surface area (Å²) in [6.45, 7) is 0. The molecule has 6 nitrogen and oxygen atoms in total. The lowest BCUT2D eigenvalue weighted by Gasteiger charge is -2.10. The van der Waals surface area contributed by atoms with Gasteiger partial charge in [-0.2, -0.15) is 0 Å². The van der Waals surface area contributed by atoms with Gasteiger partial charge in [0.2, 0.25) is 5.78 Å². The van der Waals surface area contributed by atoms with E-state index in [0.29, 0.717) is 33.4 Å². The number of allylic oxidation sites excluding steroid dienone is 1. The molecule has 3 aromatic carbocycles. The molecule has 0 spiro atoms. The van der Waals surface area contributed by atoms with Gasteiger partial charge in [0, 0.05) is 16.7 Å². The van der Waals surface area contributed by atoms with E-state index >= 15 is 0 Å². The van der Waals surface area contributed by atoms with Crippen LogP contribution in [0.2, 0.25) is 5.02 Å². The molecule has 1 heterocycles. The Morgan fingerprint density at radius 1 is 1.03 bits per heavy atom. The van der Waals surface area contributed by atoms with Crippen LogP contribution in [0.15, 0.2) is 66.4 Å². The first-order chi connectivity index (χ1) is 15.5. The highest BCUT2D eigenvalue weighted by Crippen LogP contribution is 2.37. The zero-order chi connectivity index (χ0) is 22.7. The Bertz CT molecular complexity index is 1210. The summed E-state index contributed by atoms with van der Waals surface area (Å²) in [5.41, 5.74) is 1.80. The molecule has 0 atom stereocenters. The third kappa shape index (κ3) is 4.45. The Labute approximate surface area is 189 Å². The second-order valence-corrected chi connectivity index (χ2v) is 7.39. The molecule has 0 saturated heterocycles. The largest absolute Gasteiger partial charge is 0.493 e. The number of halogens is 1. The van der Waals surface area contributed by atoms with Crippen molar-refractivity contribution < 1.29 is 28.5 Å². The van der Waals surface area contributed by atoms with E-state index in [1.807, 2.05) is 0 Å². The first-order valence-corrected chi connectivity index (χ1v) is 10.1. The number of ketones is 1. The van der Waals surface area contributed by atoms with Gasteiger partial charge in [0.15, 0.2) is 17.3 Å². The van der Waals surface area contributed by atoms with Crippen LogP contribution in [0.3, 0.4) is 0 Å². The SMILES string of the molecule is COc1cccc(/C=C2\Oc3cc(OC(=O)Cc4ccc(Cl)cc4)ccc3C2=O)c1OC. The maximum atomic E-state index is 12.8. The second kappa shape index (κ2) is 9.16. The van der Waals surface area contributed by atoms with Gasteiger partial charge >= 0.3 is 5.97 Å². The summed E-state index contributed by atoms with van der Waals surface area (Å²) in [5.74, 6) is 1.07. The normalized spacial score (nSPS) is 13.5. The summed E-state index contributed by atoms with van der Waals surface area (Å²) >= 11 is 5.86. The van der Waals surface area contributed by atoms with Gasteiger partial charge in [-0.25, -0.2) is 0 Å². The average molecular weight is 451 g/mol. The van der Waals surface area contributed by atoms with Crippen LogP contribution >= 0.6 is 11.6 Å². The number of esters is 1. The summed E-state index contributed by atoms with van der Waals surface area (Å²) < 4.78 is 21.9. The summed E-state index contributed by atoms with van der Waals surface area (Å²) in [6, 6.07) is 17.0. The molecule has 32 heavy (non-hydrogen) atoms. The molecule has 1 aliphatic rings. The molecule has 0 aromatic heterocycles. The summed E-state index contributed by atoms with van der Waals surface area (Å²) in [4.78, 5) is 25.0. The summed E-state index contributed by atoms with van der Waals surface area (Å²) in [6.07, 6.45) is 1.69. The molecule has 0 radical (unpaired) electrons. The molecule has 0 amide bonds. The fourth-order valence-corrected chi connectivity index (χ4v) is 3.46. The number of carbonyl (C=O) groups is 2. The maximum absolute atomic E-state index is 12.8. The lowest BCUT2D eigenvalue weighted by atomic mass is 10.1. The zero-order valence-corrected chi connectivity index (χ0v) is 18.1. The third-order valence-electron chi connectivity index (χ3n) is 4.85. The minimum Gasteiger partial charge on any atom is -0.493 e. The van der Waals surface area contributed by atoms with Crippen molar-refractivity contribution in [3.8, 4) is 23.0 Å². The first-order valence-electron chi connectivity index (χ1n) is 9.73. The molecule has 1 aliphatic heterocycles. The van der Waals surface area contributed by atoms with Crippen molar-refractivity contribution in [2.24, 2.45) is 0 Å². The molecular formula is C25H19ClO6. The predicted octanol–water partition coefficient (Wildman–Crippen LogP) is 5.12. The van der Waals surface area contributed by atoms with Crippen LogP contribution in [-0.4, -0.2) is 26.0 Å². The van der Waals surface area contributed by atoms with Crippen LogP contribution in [0.4, 0.5) is 0 Å². The molecule has 3 aromatic rings. The quantitative estimate of drug-likeness (QED) is 0.295. The highest BCUT2D eigenvalue weighted by molar-refractivity contribution is 6.30. The topological polar surface area (TPSA) is 71.1 Å². The number of rotatable bonds is 6. The fourth-order valence-electron chi connectivity index (χ4n) is 3.33. The molecule has 0 fully saturated rings. The van der Waals surface area contributed by atoms with E-state index in [2.05, 4.69) is 0 Å². The number of hydrogen-bond donors (Lipinski definition) is 0. The molecule has 4 rings (SSSR count). The highest BCUT2D eigenvalue weighted by atomic mass is 35.5. The monoisotopic (exact) mass is 450 g/mol. The Morgan fingerprint density at radius 2 is 1.81 bits per heavy atom. The first kappa shape index (κ1) is 21.5. The number of hydrogen-bond acceptors (Lipinski definition) is 6. The van der Waals surface area contributed by atoms with Gasteiger partial charge in [-0.1, -0.05) is 35.9 Å². The number of ether oxygens (including phenoxy) is 4. The van der Waals surface area contributed by atoms with Gasteiger partial charge in [0.25, 0.3) is 0 Å². The van der Waals surface area contributed by atoms with E-state index in [9.17, 15) is 9.59 Å². The van der Waals surface area contributed by atoms with E-state index < -0.39 is 5.97 Å². The van der Waals surface area contributed by atoms with Crippen LogP contribution in [0, 0.1) is 0 Å².